The third-order valence-corrected chi connectivity index (χ3v) is 4.05. The number of hydrogen-bond donors (Lipinski definition) is 1. The van der Waals surface area contributed by atoms with E-state index < -0.39 is 12.6 Å². The van der Waals surface area contributed by atoms with Gasteiger partial charge in [0.2, 0.25) is 0 Å². The van der Waals surface area contributed by atoms with Crippen molar-refractivity contribution in [1.82, 2.24) is 10.2 Å². The standard InChI is InChI=1S/C14H27F3N2/c1-4-8-18-12-6-5-11(2)10-13(12)19(3)9-7-14(15,16)17/h11-13,18H,4-10H2,1-3H3. The minimum absolute atomic E-state index is 0.102. The smallest absolute Gasteiger partial charge is 0.312 e. The molecule has 1 fully saturated rings. The molecule has 0 saturated heterocycles. The molecule has 1 aliphatic rings. The van der Waals surface area contributed by atoms with Gasteiger partial charge in [-0.05, 0) is 45.2 Å². The molecule has 0 heterocycles. The van der Waals surface area contributed by atoms with E-state index in [9.17, 15) is 13.2 Å². The Kier molecular flexibility index (Phi) is 6.60. The van der Waals surface area contributed by atoms with Crippen molar-refractivity contribution < 1.29 is 13.2 Å². The normalized spacial score (nSPS) is 28.9. The SMILES string of the molecule is CCCNC1CCC(C)CC1N(C)CCC(F)(F)F. The van der Waals surface area contributed by atoms with Crippen molar-refractivity contribution in [3.63, 3.8) is 0 Å². The number of rotatable bonds is 6. The zero-order chi connectivity index (χ0) is 14.5. The van der Waals surface area contributed by atoms with Crippen LogP contribution in [0.2, 0.25) is 0 Å². The summed E-state index contributed by atoms with van der Waals surface area (Å²) in [7, 11) is 1.83. The molecule has 1 rings (SSSR count). The van der Waals surface area contributed by atoms with Gasteiger partial charge >= 0.3 is 6.18 Å². The Bertz CT molecular complexity index is 254. The molecule has 2 nitrogen and oxygen atoms in total. The van der Waals surface area contributed by atoms with Crippen LogP contribution in [0, 0.1) is 5.92 Å². The molecular formula is C14H27F3N2. The molecule has 114 valence electrons. The summed E-state index contributed by atoms with van der Waals surface area (Å²) in [4.78, 5) is 1.90. The summed E-state index contributed by atoms with van der Waals surface area (Å²) in [6.07, 6.45) is -0.469. The van der Waals surface area contributed by atoms with Crippen LogP contribution in [-0.2, 0) is 0 Å². The number of nitrogens with one attached hydrogen (secondary N) is 1. The zero-order valence-corrected chi connectivity index (χ0v) is 12.3. The first-order chi connectivity index (χ1) is 8.83. The van der Waals surface area contributed by atoms with E-state index in [0.29, 0.717) is 12.0 Å². The minimum Gasteiger partial charge on any atom is -0.312 e. The Labute approximate surface area is 114 Å². The van der Waals surface area contributed by atoms with Crippen LogP contribution in [0.15, 0.2) is 0 Å². The maximum atomic E-state index is 12.3. The molecule has 1 saturated carbocycles. The average Bonchev–Trinajstić information content (AvgIpc) is 2.33. The summed E-state index contributed by atoms with van der Waals surface area (Å²) in [6.45, 7) is 5.36. The van der Waals surface area contributed by atoms with Gasteiger partial charge in [-0.1, -0.05) is 13.8 Å². The largest absolute Gasteiger partial charge is 0.390 e. The van der Waals surface area contributed by atoms with Crippen LogP contribution < -0.4 is 5.32 Å². The van der Waals surface area contributed by atoms with Crippen LogP contribution in [-0.4, -0.2) is 43.3 Å². The molecule has 3 unspecified atom stereocenters. The summed E-state index contributed by atoms with van der Waals surface area (Å²) in [6, 6.07) is 0.576. The van der Waals surface area contributed by atoms with Crippen molar-refractivity contribution in [3.05, 3.63) is 0 Å². The van der Waals surface area contributed by atoms with Crippen molar-refractivity contribution in [2.24, 2.45) is 5.92 Å². The monoisotopic (exact) mass is 280 g/mol. The molecule has 0 radical (unpaired) electrons. The topological polar surface area (TPSA) is 15.3 Å². The Morgan fingerprint density at radius 1 is 1.26 bits per heavy atom. The van der Waals surface area contributed by atoms with E-state index in [4.69, 9.17) is 0 Å². The molecular weight excluding hydrogens is 253 g/mol. The molecule has 19 heavy (non-hydrogen) atoms. The Morgan fingerprint density at radius 2 is 1.95 bits per heavy atom. The van der Waals surface area contributed by atoms with Gasteiger partial charge in [0.25, 0.3) is 0 Å². The van der Waals surface area contributed by atoms with Gasteiger partial charge in [-0.3, -0.25) is 0 Å². The fourth-order valence-corrected chi connectivity index (χ4v) is 2.87. The van der Waals surface area contributed by atoms with Crippen LogP contribution in [0.25, 0.3) is 0 Å². The highest BCUT2D eigenvalue weighted by molar-refractivity contribution is 4.89. The van der Waals surface area contributed by atoms with Crippen LogP contribution in [0.1, 0.15) is 46.0 Å². The molecule has 0 amide bonds. The first-order valence-corrected chi connectivity index (χ1v) is 7.34. The van der Waals surface area contributed by atoms with E-state index >= 15 is 0 Å². The first-order valence-electron chi connectivity index (χ1n) is 7.34. The summed E-state index contributed by atoms with van der Waals surface area (Å²) in [5, 5.41) is 3.50. The van der Waals surface area contributed by atoms with Gasteiger partial charge in [-0.2, -0.15) is 13.2 Å². The Morgan fingerprint density at radius 3 is 2.53 bits per heavy atom. The van der Waals surface area contributed by atoms with E-state index in [-0.39, 0.29) is 12.6 Å². The lowest BCUT2D eigenvalue weighted by Gasteiger charge is -2.41. The number of hydrogen-bond acceptors (Lipinski definition) is 2. The van der Waals surface area contributed by atoms with Crippen molar-refractivity contribution >= 4 is 0 Å². The average molecular weight is 280 g/mol. The number of halogens is 3. The lowest BCUT2D eigenvalue weighted by Crippen LogP contribution is -2.52. The molecule has 0 aromatic carbocycles. The van der Waals surface area contributed by atoms with Crippen LogP contribution >= 0.6 is 0 Å². The number of alkyl halides is 3. The third kappa shape index (κ3) is 6.13. The highest BCUT2D eigenvalue weighted by Gasteiger charge is 2.33. The van der Waals surface area contributed by atoms with Crippen LogP contribution in [0.5, 0.6) is 0 Å². The van der Waals surface area contributed by atoms with Crippen molar-refractivity contribution in [2.45, 2.75) is 64.2 Å². The first kappa shape index (κ1) is 16.8. The zero-order valence-electron chi connectivity index (χ0n) is 12.3. The molecule has 5 heteroatoms. The van der Waals surface area contributed by atoms with Crippen molar-refractivity contribution in [1.29, 1.82) is 0 Å². The molecule has 0 bridgehead atoms. The number of likely N-dealkylation sites (N-methyl/N-ethyl adjacent to an activating group) is 1. The highest BCUT2D eigenvalue weighted by atomic mass is 19.4. The summed E-state index contributed by atoms with van der Waals surface area (Å²) < 4.78 is 37.0. The van der Waals surface area contributed by atoms with E-state index in [0.717, 1.165) is 25.8 Å². The predicted octanol–water partition coefficient (Wildman–Crippen LogP) is 3.43. The molecule has 0 aromatic rings. The van der Waals surface area contributed by atoms with Gasteiger partial charge in [0.15, 0.2) is 0 Å². The fraction of sp³-hybridized carbons (Fsp3) is 1.00. The molecule has 0 aliphatic heterocycles. The van der Waals surface area contributed by atoms with Crippen molar-refractivity contribution in [3.8, 4) is 0 Å². The number of nitrogens with zero attached hydrogens (tertiary/aromatic N) is 1. The predicted molar refractivity (Wildman–Crippen MR) is 72.2 cm³/mol. The summed E-state index contributed by atoms with van der Waals surface area (Å²) in [5.74, 6) is 0.609. The van der Waals surface area contributed by atoms with Gasteiger partial charge in [-0.15, -0.1) is 0 Å². The van der Waals surface area contributed by atoms with Gasteiger partial charge in [0, 0.05) is 18.6 Å². The van der Waals surface area contributed by atoms with Gasteiger partial charge < -0.3 is 10.2 Å². The lowest BCUT2D eigenvalue weighted by molar-refractivity contribution is -0.139. The Hall–Kier alpha value is -0.290. The van der Waals surface area contributed by atoms with E-state index in [1.54, 1.807) is 0 Å². The quantitative estimate of drug-likeness (QED) is 0.802. The summed E-state index contributed by atoms with van der Waals surface area (Å²) >= 11 is 0. The second-order valence-electron chi connectivity index (χ2n) is 5.89. The lowest BCUT2D eigenvalue weighted by atomic mass is 9.82. The maximum Gasteiger partial charge on any atom is 0.390 e. The minimum atomic E-state index is -4.05. The van der Waals surface area contributed by atoms with Gasteiger partial charge in [0.05, 0.1) is 6.42 Å². The van der Waals surface area contributed by atoms with Gasteiger partial charge in [0.1, 0.15) is 0 Å². The van der Waals surface area contributed by atoms with E-state index in [2.05, 4.69) is 19.2 Å². The summed E-state index contributed by atoms with van der Waals surface area (Å²) in [5.41, 5.74) is 0. The molecule has 1 N–H and O–H groups in total. The molecule has 0 spiro atoms. The molecule has 0 aromatic heterocycles. The maximum absolute atomic E-state index is 12.3. The molecule has 3 atom stereocenters. The fourth-order valence-electron chi connectivity index (χ4n) is 2.87. The van der Waals surface area contributed by atoms with Crippen LogP contribution in [0.3, 0.4) is 0 Å². The second-order valence-corrected chi connectivity index (χ2v) is 5.89. The van der Waals surface area contributed by atoms with Crippen molar-refractivity contribution in [2.75, 3.05) is 20.1 Å². The third-order valence-electron chi connectivity index (χ3n) is 4.05. The van der Waals surface area contributed by atoms with E-state index in [1.165, 1.54) is 6.42 Å². The van der Waals surface area contributed by atoms with Gasteiger partial charge in [-0.25, -0.2) is 0 Å². The van der Waals surface area contributed by atoms with E-state index in [1.807, 2.05) is 11.9 Å². The Balaban J connectivity index is 2.52. The molecule has 1 aliphatic carbocycles. The van der Waals surface area contributed by atoms with Crippen LogP contribution in [0.4, 0.5) is 13.2 Å². The second kappa shape index (κ2) is 7.48. The highest BCUT2D eigenvalue weighted by Crippen LogP contribution is 2.28.